The zero-order valence-corrected chi connectivity index (χ0v) is 18.2. The molecule has 0 saturated carbocycles. The molecule has 1 aromatic rings. The van der Waals surface area contributed by atoms with Gasteiger partial charge in [-0.3, -0.25) is 0 Å². The number of halogens is 13. The van der Waals surface area contributed by atoms with Crippen molar-refractivity contribution >= 4 is 4.61 Å². The van der Waals surface area contributed by atoms with Crippen molar-refractivity contribution < 1.29 is 79.7 Å². The molecule has 1 rings (SSSR count). The van der Waals surface area contributed by atoms with Gasteiger partial charge >= 0.3 is 175 Å². The van der Waals surface area contributed by atoms with Crippen LogP contribution < -0.4 is 4.74 Å². The quantitative estimate of drug-likeness (QED) is 0.213. The van der Waals surface area contributed by atoms with E-state index < -0.39 is 54.7 Å². The number of benzene rings is 1. The summed E-state index contributed by atoms with van der Waals surface area (Å²) in [5.74, 6) is -37.0. The third-order valence-electron chi connectivity index (χ3n) is 4.30. The van der Waals surface area contributed by atoms with E-state index in [1.54, 1.807) is 0 Å². The van der Waals surface area contributed by atoms with Gasteiger partial charge in [0.2, 0.25) is 0 Å². The maximum absolute atomic E-state index is 14.0. The van der Waals surface area contributed by atoms with Crippen molar-refractivity contribution in [3.05, 3.63) is 29.3 Å². The molecule has 0 amide bonds. The third kappa shape index (κ3) is 5.17. The van der Waals surface area contributed by atoms with Crippen LogP contribution in [0.4, 0.5) is 57.1 Å². The van der Waals surface area contributed by atoms with Gasteiger partial charge in [0.05, 0.1) is 0 Å². The number of alkyl halides is 13. The molecule has 0 aliphatic heterocycles. The van der Waals surface area contributed by atoms with Gasteiger partial charge in [-0.15, -0.1) is 0 Å². The Labute approximate surface area is 188 Å². The Balaban J connectivity index is 3.37. The normalized spacial score (nSPS) is 14.5. The first-order chi connectivity index (χ1) is 14.6. The molecule has 0 unspecified atom stereocenters. The number of rotatable bonds is 10. The second-order valence-electron chi connectivity index (χ2n) is 7.10. The summed E-state index contributed by atoms with van der Waals surface area (Å²) in [6.45, 7) is 2.99. The van der Waals surface area contributed by atoms with Crippen molar-refractivity contribution in [2.24, 2.45) is 0 Å². The first-order valence-corrected chi connectivity index (χ1v) is 9.75. The molecule has 0 aliphatic carbocycles. The van der Waals surface area contributed by atoms with Crippen LogP contribution in [-0.4, -0.2) is 46.5 Å². The number of aryl methyl sites for hydroxylation is 1. The number of ether oxygens (including phenoxy) is 1. The first kappa shape index (κ1) is 29.6. The van der Waals surface area contributed by atoms with Gasteiger partial charge in [0.25, 0.3) is 0 Å². The topological polar surface area (TPSA) is 9.23 Å². The molecule has 0 bridgehead atoms. The molecule has 0 aliphatic rings. The summed E-state index contributed by atoms with van der Waals surface area (Å²) in [4.78, 5) is 0. The van der Waals surface area contributed by atoms with E-state index in [9.17, 15) is 57.1 Å². The molecule has 0 heterocycles. The zero-order valence-electron chi connectivity index (χ0n) is 16.5. The molecule has 1 nitrogen and oxygen atoms in total. The van der Waals surface area contributed by atoms with Gasteiger partial charge in [-0.25, -0.2) is 0 Å². The van der Waals surface area contributed by atoms with E-state index in [4.69, 9.17) is 4.74 Å². The molecular weight excluding hydrogens is 580 g/mol. The van der Waals surface area contributed by atoms with Crippen LogP contribution in [0.1, 0.15) is 31.4 Å². The Morgan fingerprint density at radius 3 is 1.70 bits per heavy atom. The minimum absolute atomic E-state index is 0.133. The van der Waals surface area contributed by atoms with Crippen molar-refractivity contribution in [2.45, 2.75) is 68.6 Å². The van der Waals surface area contributed by atoms with E-state index in [0.717, 1.165) is 6.07 Å². The van der Waals surface area contributed by atoms with E-state index in [1.165, 1.54) is 30.6 Å². The molecule has 0 saturated heterocycles. The fraction of sp³-hybridized carbons (Fsp3) is 0.611. The van der Waals surface area contributed by atoms with Crippen LogP contribution in [0.5, 0.6) is 5.75 Å². The summed E-state index contributed by atoms with van der Waals surface area (Å²) in [5.41, 5.74) is -0.0114. The number of para-hydroxylation sites is 1. The molecule has 0 radical (unpaired) electrons. The van der Waals surface area contributed by atoms with E-state index in [1.807, 2.05) is 17.9 Å². The monoisotopic (exact) mass is 596 g/mol. The van der Waals surface area contributed by atoms with Crippen molar-refractivity contribution in [2.75, 3.05) is 0 Å². The van der Waals surface area contributed by atoms with Crippen LogP contribution in [0.25, 0.3) is 0 Å². The van der Waals surface area contributed by atoms with Crippen LogP contribution in [0.2, 0.25) is 0 Å². The molecule has 0 N–H and O–H groups in total. The average molecular weight is 595 g/mol. The molecule has 1 aromatic carbocycles. The fourth-order valence-corrected chi connectivity index (χ4v) is 2.91. The van der Waals surface area contributed by atoms with Gasteiger partial charge in [0, 0.05) is 0 Å². The number of hydrogen-bond donors (Lipinski definition) is 0. The summed E-state index contributed by atoms with van der Waals surface area (Å²) in [5, 5.41) is 0. The summed E-state index contributed by atoms with van der Waals surface area (Å²) >= 11 is 2.02. The summed E-state index contributed by atoms with van der Waals surface area (Å²) in [6.07, 6.45) is -11.5. The molecule has 33 heavy (non-hydrogen) atoms. The van der Waals surface area contributed by atoms with Gasteiger partial charge in [-0.05, 0) is 0 Å². The van der Waals surface area contributed by atoms with E-state index in [-0.39, 0.29) is 16.9 Å². The minimum Gasteiger partial charge on any atom is -0.165 e. The van der Waals surface area contributed by atoms with Gasteiger partial charge in [-0.2, -0.15) is 13.2 Å². The predicted octanol–water partition coefficient (Wildman–Crippen LogP) is 6.84. The minimum atomic E-state index is -7.90. The van der Waals surface area contributed by atoms with Crippen molar-refractivity contribution in [3.8, 4) is 5.75 Å². The number of hydrogen-bond acceptors (Lipinski definition) is 1. The van der Waals surface area contributed by atoms with E-state index in [0.29, 0.717) is 0 Å². The van der Waals surface area contributed by atoms with Crippen molar-refractivity contribution in [1.29, 1.82) is 0 Å². The Bertz CT molecular complexity index is 846. The second kappa shape index (κ2) is 9.33. The van der Waals surface area contributed by atoms with Gasteiger partial charge in [0.15, 0.2) is 0 Å². The standard InChI is InChI=1S/C18H15F13O.Ru/c1-9(2)32-12-10(3)5-4-6-11(12)7-8-13(19,20)14(21,22)15(23,24)16(25,26)17(27,28)18(29,30)31;/h3-6,9H,7-8H2,1-2H3;/q;+1. The first-order valence-electron chi connectivity index (χ1n) is 8.75. The molecule has 191 valence electrons. The molecule has 0 aromatic heterocycles. The van der Waals surface area contributed by atoms with Crippen LogP contribution >= 0.6 is 0 Å². The smallest absolute Gasteiger partial charge is 0.165 e. The van der Waals surface area contributed by atoms with Gasteiger partial charge < -0.3 is 0 Å². The van der Waals surface area contributed by atoms with Crippen LogP contribution in [0.15, 0.2) is 18.2 Å². The zero-order chi connectivity index (χ0) is 26.3. The fourth-order valence-electron chi connectivity index (χ4n) is 2.51. The summed E-state index contributed by atoms with van der Waals surface area (Å²) < 4.78 is 178. The molecule has 0 fully saturated rings. The third-order valence-corrected chi connectivity index (χ3v) is 4.84. The molecule has 15 heteroatoms. The van der Waals surface area contributed by atoms with E-state index in [2.05, 4.69) is 0 Å². The van der Waals surface area contributed by atoms with E-state index >= 15 is 0 Å². The Hall–Kier alpha value is -1.40. The predicted molar refractivity (Wildman–Crippen MR) is 86.5 cm³/mol. The van der Waals surface area contributed by atoms with Gasteiger partial charge in [0.1, 0.15) is 0 Å². The summed E-state index contributed by atoms with van der Waals surface area (Å²) in [7, 11) is 0. The van der Waals surface area contributed by atoms with Crippen LogP contribution in [0.3, 0.4) is 0 Å². The Kier molecular flexibility index (Phi) is 8.38. The second-order valence-corrected chi connectivity index (χ2v) is 7.61. The Morgan fingerprint density at radius 1 is 0.788 bits per heavy atom. The van der Waals surface area contributed by atoms with Crippen LogP contribution in [-0.2, 0) is 24.3 Å². The van der Waals surface area contributed by atoms with Crippen LogP contribution in [0, 0.1) is 0 Å². The van der Waals surface area contributed by atoms with Crippen molar-refractivity contribution in [1.82, 2.24) is 0 Å². The maximum atomic E-state index is 14.0. The summed E-state index contributed by atoms with van der Waals surface area (Å²) in [6, 6.07) is 3.71. The molecular formula is C18H15F13ORu+. The molecule has 0 spiro atoms. The Morgan fingerprint density at radius 2 is 1.27 bits per heavy atom. The van der Waals surface area contributed by atoms with Gasteiger partial charge in [-0.1, -0.05) is 0 Å². The SMILES string of the molecule is CC(C)Oc1c([CH]=[Ru+])cccc1CCC(F)(F)C(F)(F)C(F)(F)C(F)(F)C(F)(F)C(F)(F)F. The average Bonchev–Trinajstić information content (AvgIpc) is 2.65. The van der Waals surface area contributed by atoms with Crippen molar-refractivity contribution in [3.63, 3.8) is 0 Å². The molecule has 0 atom stereocenters.